The molecule has 0 aliphatic rings. The molecule has 0 N–H and O–H groups in total. The first-order chi connectivity index (χ1) is 41.4. The maximum Gasteiger partial charge on any atom is 0.164 e. The van der Waals surface area contributed by atoms with E-state index < -0.39 is 0 Å². The molecule has 0 aliphatic carbocycles. The average molecular weight is 1070 g/mol. The zero-order valence-corrected chi connectivity index (χ0v) is 44.7. The Bertz CT molecular complexity index is 4650. The van der Waals surface area contributed by atoms with Crippen LogP contribution in [0.5, 0.6) is 0 Å². The molecule has 0 saturated heterocycles. The van der Waals surface area contributed by atoms with E-state index in [1.54, 1.807) is 0 Å². The van der Waals surface area contributed by atoms with E-state index >= 15 is 0 Å². The summed E-state index contributed by atoms with van der Waals surface area (Å²) in [6.07, 6.45) is 0. The highest BCUT2D eigenvalue weighted by atomic mass is 15.0. The van der Waals surface area contributed by atoms with Crippen LogP contribution in [-0.4, -0.2) is 19.1 Å². The van der Waals surface area contributed by atoms with Crippen molar-refractivity contribution < 1.29 is 0 Å². The summed E-state index contributed by atoms with van der Waals surface area (Å²) in [5.74, 6) is 0.432. The number of aromatic nitrogens is 4. The molecule has 3 heterocycles. The molecule has 0 spiro atoms. The van der Waals surface area contributed by atoms with E-state index in [1.807, 2.05) is 152 Å². The molecular weight excluding hydrogens is 1030 g/mol. The number of nitrogens with zero attached hydrogens (tertiary/aromatic N) is 9. The van der Waals surface area contributed by atoms with Crippen molar-refractivity contribution in [1.82, 2.24) is 19.1 Å². The highest BCUT2D eigenvalue weighted by molar-refractivity contribution is 6.14. The van der Waals surface area contributed by atoms with Gasteiger partial charge in [-0.15, -0.1) is 0 Å². The number of benzene rings is 11. The van der Waals surface area contributed by atoms with Gasteiger partial charge in [0.25, 0.3) is 0 Å². The van der Waals surface area contributed by atoms with Crippen LogP contribution in [0.4, 0.5) is 0 Å². The molecule has 9 nitrogen and oxygen atoms in total. The van der Waals surface area contributed by atoms with Crippen molar-refractivity contribution in [2.75, 3.05) is 0 Å². The van der Waals surface area contributed by atoms with Crippen LogP contribution in [0.1, 0.15) is 27.8 Å². The average Bonchev–Trinajstić information content (AvgIpc) is 1.80. The van der Waals surface area contributed by atoms with E-state index in [-0.39, 0.29) is 0 Å². The molecule has 386 valence electrons. The van der Waals surface area contributed by atoms with Gasteiger partial charge in [0.2, 0.25) is 0 Å². The third-order valence-corrected chi connectivity index (χ3v) is 15.7. The van der Waals surface area contributed by atoms with Gasteiger partial charge in [-0.2, -0.15) is 26.3 Å². The van der Waals surface area contributed by atoms with Gasteiger partial charge in [0, 0.05) is 32.7 Å². The van der Waals surface area contributed by atoms with Crippen molar-refractivity contribution in [3.05, 3.63) is 277 Å². The first-order valence-corrected chi connectivity index (χ1v) is 27.1. The summed E-state index contributed by atoms with van der Waals surface area (Å²) in [5.41, 5.74) is 19.0. The Morgan fingerprint density at radius 3 is 0.798 bits per heavy atom. The molecule has 14 rings (SSSR count). The molecule has 0 radical (unpaired) electrons. The van der Waals surface area contributed by atoms with Gasteiger partial charge in [-0.3, -0.25) is 0 Å². The summed E-state index contributed by atoms with van der Waals surface area (Å²) in [5, 5.41) is 54.0. The van der Waals surface area contributed by atoms with Crippen LogP contribution >= 0.6 is 0 Å². The summed E-state index contributed by atoms with van der Waals surface area (Å²) in [7, 11) is 0. The number of rotatable bonds is 9. The fourth-order valence-electron chi connectivity index (χ4n) is 11.6. The fourth-order valence-corrected chi connectivity index (χ4v) is 11.6. The quantitative estimate of drug-likeness (QED) is 0.139. The molecule has 0 fully saturated rings. The largest absolute Gasteiger partial charge is 0.308 e. The second-order valence-corrected chi connectivity index (χ2v) is 20.6. The molecule has 0 aliphatic heterocycles. The Labute approximate surface area is 483 Å². The minimum Gasteiger partial charge on any atom is -0.308 e. The Morgan fingerprint density at radius 1 is 0.250 bits per heavy atom. The molecule has 0 atom stereocenters. The summed E-state index contributed by atoms with van der Waals surface area (Å²) in [4.78, 5) is 11.2. The van der Waals surface area contributed by atoms with Crippen LogP contribution in [0.25, 0.3) is 133 Å². The summed E-state index contributed by atoms with van der Waals surface area (Å²) in [6.45, 7) is 0. The molecule has 0 saturated carbocycles. The van der Waals surface area contributed by atoms with E-state index in [0.717, 1.165) is 99.2 Å². The molecule has 84 heavy (non-hydrogen) atoms. The van der Waals surface area contributed by atoms with Gasteiger partial charge in [0.15, 0.2) is 5.82 Å². The third kappa shape index (κ3) is 8.72. The SMILES string of the molecule is N#Cc1ccc(-c2ccc3c(c2)c2cc(-c4ccc(C#N)cc4)ccc2n3-c2cc(C#N)cc(-n3c4ccc(-c5ccc(C#N)cc5)cc4c4cc(-c5ccc(C#N)cc5)ccc43)c2-c2nc(-c3ccccc3)cc(-c3ccccc3)n2)cc1. The van der Waals surface area contributed by atoms with Crippen molar-refractivity contribution in [2.45, 2.75) is 0 Å². The van der Waals surface area contributed by atoms with Crippen LogP contribution in [0.2, 0.25) is 0 Å². The molecule has 0 amide bonds. The number of fused-ring (bicyclic) bond motifs is 6. The molecule has 9 heteroatoms. The lowest BCUT2D eigenvalue weighted by Gasteiger charge is -2.21. The van der Waals surface area contributed by atoms with Crippen LogP contribution in [0, 0.1) is 56.7 Å². The maximum absolute atomic E-state index is 11.4. The van der Waals surface area contributed by atoms with E-state index in [9.17, 15) is 26.3 Å². The van der Waals surface area contributed by atoms with Crippen LogP contribution in [-0.2, 0) is 0 Å². The van der Waals surface area contributed by atoms with Crippen LogP contribution in [0.3, 0.4) is 0 Å². The lowest BCUT2D eigenvalue weighted by atomic mass is 9.99. The van der Waals surface area contributed by atoms with Crippen molar-refractivity contribution in [2.24, 2.45) is 0 Å². The van der Waals surface area contributed by atoms with Crippen molar-refractivity contribution in [3.63, 3.8) is 0 Å². The fraction of sp³-hybridized carbons (Fsp3) is 0. The standard InChI is InChI=1S/C75H41N9/c76-42-47-11-19-52(20-12-47)58-27-31-68-62(37-58)63-38-59(53-21-13-48(43-77)14-22-53)28-32-69(63)83(68)72-35-51(46-80)36-73(74(72)75-81-66(56-7-3-1-4-8-56)41-67(82-75)57-9-5-2-6-10-57)84-70-33-29-60(54-23-15-49(44-78)16-24-54)39-64(70)65-40-61(30-34-71(65)84)55-25-17-50(45-79)18-26-55/h1-41H. The molecular formula is C75H41N9. The first kappa shape index (κ1) is 49.8. The Balaban J connectivity index is 1.12. The number of hydrogen-bond donors (Lipinski definition) is 0. The van der Waals surface area contributed by atoms with Gasteiger partial charge in [0.1, 0.15) is 0 Å². The van der Waals surface area contributed by atoms with Crippen molar-refractivity contribution in [3.8, 4) is 120 Å². The monoisotopic (exact) mass is 1070 g/mol. The van der Waals surface area contributed by atoms with E-state index in [4.69, 9.17) is 9.97 Å². The van der Waals surface area contributed by atoms with E-state index in [2.05, 4.69) is 137 Å². The Hall–Kier alpha value is -12.5. The van der Waals surface area contributed by atoms with E-state index in [1.165, 1.54) is 0 Å². The number of hydrogen-bond acceptors (Lipinski definition) is 7. The lowest BCUT2D eigenvalue weighted by molar-refractivity contribution is 1.10. The normalized spacial score (nSPS) is 11.0. The second kappa shape index (κ2) is 20.7. The van der Waals surface area contributed by atoms with Crippen molar-refractivity contribution >= 4 is 43.6 Å². The zero-order valence-electron chi connectivity index (χ0n) is 44.7. The Kier molecular flexibility index (Phi) is 12.2. The van der Waals surface area contributed by atoms with Gasteiger partial charge in [-0.25, -0.2) is 9.97 Å². The number of nitriles is 5. The highest BCUT2D eigenvalue weighted by Crippen LogP contribution is 2.45. The lowest BCUT2D eigenvalue weighted by Crippen LogP contribution is -2.07. The first-order valence-electron chi connectivity index (χ1n) is 27.1. The third-order valence-electron chi connectivity index (χ3n) is 15.7. The van der Waals surface area contributed by atoms with Gasteiger partial charge in [-0.1, -0.05) is 133 Å². The smallest absolute Gasteiger partial charge is 0.164 e. The van der Waals surface area contributed by atoms with Crippen LogP contribution in [0.15, 0.2) is 249 Å². The molecule has 14 aromatic rings. The highest BCUT2D eigenvalue weighted by Gasteiger charge is 2.27. The topological polar surface area (TPSA) is 155 Å². The predicted octanol–water partition coefficient (Wildman–Crippen LogP) is 17.7. The summed E-state index contributed by atoms with van der Waals surface area (Å²) >= 11 is 0. The Morgan fingerprint density at radius 2 is 0.524 bits per heavy atom. The van der Waals surface area contributed by atoms with E-state index in [0.29, 0.717) is 62.0 Å². The summed E-state index contributed by atoms with van der Waals surface area (Å²) < 4.78 is 4.46. The maximum atomic E-state index is 11.4. The zero-order chi connectivity index (χ0) is 56.8. The summed E-state index contributed by atoms with van der Waals surface area (Å²) in [6, 6.07) is 93.7. The van der Waals surface area contributed by atoms with Gasteiger partial charge in [0.05, 0.1) is 109 Å². The second-order valence-electron chi connectivity index (χ2n) is 20.6. The van der Waals surface area contributed by atoms with Crippen LogP contribution < -0.4 is 0 Å². The molecule has 11 aromatic carbocycles. The predicted molar refractivity (Wildman–Crippen MR) is 332 cm³/mol. The molecule has 0 bridgehead atoms. The van der Waals surface area contributed by atoms with Gasteiger partial charge in [-0.05, 0) is 160 Å². The van der Waals surface area contributed by atoms with Crippen molar-refractivity contribution in [1.29, 1.82) is 26.3 Å². The van der Waals surface area contributed by atoms with Gasteiger partial charge >= 0.3 is 0 Å². The minimum absolute atomic E-state index is 0.406. The minimum atomic E-state index is 0.406. The van der Waals surface area contributed by atoms with Gasteiger partial charge < -0.3 is 9.13 Å². The molecule has 0 unspecified atom stereocenters. The molecule has 3 aromatic heterocycles.